The number of allylic oxidation sites excluding steroid dienone is 3. The summed E-state index contributed by atoms with van der Waals surface area (Å²) >= 11 is 0. The van der Waals surface area contributed by atoms with E-state index in [-0.39, 0.29) is 0 Å². The number of hydrogen-bond donors (Lipinski definition) is 0. The Morgan fingerprint density at radius 3 is 2.62 bits per heavy atom. The summed E-state index contributed by atoms with van der Waals surface area (Å²) in [5.74, 6) is 0.651. The third kappa shape index (κ3) is 2.93. The molecular formula is C15H17N. The number of nitrogens with zero attached hydrogens (tertiary/aromatic N) is 1. The van der Waals surface area contributed by atoms with Gasteiger partial charge in [-0.1, -0.05) is 48.9 Å². The van der Waals surface area contributed by atoms with E-state index in [2.05, 4.69) is 61.3 Å². The largest absolute Gasteiger partial charge is 0.257 e. The molecule has 1 aromatic rings. The molecule has 2 rings (SSSR count). The van der Waals surface area contributed by atoms with Gasteiger partial charge in [-0.15, -0.1) is 0 Å². The average molecular weight is 211 g/mol. The second-order valence-electron chi connectivity index (χ2n) is 4.37. The average Bonchev–Trinajstić information content (AvgIpc) is 2.30. The molecule has 1 aromatic carbocycles. The summed E-state index contributed by atoms with van der Waals surface area (Å²) in [5.41, 5.74) is 3.50. The molecule has 1 aliphatic carbocycles. The highest BCUT2D eigenvalue weighted by Crippen LogP contribution is 2.16. The van der Waals surface area contributed by atoms with Gasteiger partial charge in [0, 0.05) is 6.21 Å². The molecular weight excluding hydrogens is 194 g/mol. The van der Waals surface area contributed by atoms with Gasteiger partial charge in [0.15, 0.2) is 0 Å². The Kier molecular flexibility index (Phi) is 3.35. The highest BCUT2D eigenvalue weighted by atomic mass is 14.7. The molecule has 0 bridgehead atoms. The highest BCUT2D eigenvalue weighted by molar-refractivity contribution is 5.80. The van der Waals surface area contributed by atoms with Crippen LogP contribution in [-0.4, -0.2) is 6.21 Å². The maximum absolute atomic E-state index is 4.47. The van der Waals surface area contributed by atoms with Crippen LogP contribution in [0.2, 0.25) is 0 Å². The molecule has 0 N–H and O–H groups in total. The van der Waals surface area contributed by atoms with Gasteiger partial charge in [-0.05, 0) is 30.9 Å². The molecule has 0 radical (unpaired) electrons. The number of rotatable bonds is 2. The van der Waals surface area contributed by atoms with E-state index in [4.69, 9.17) is 0 Å². The van der Waals surface area contributed by atoms with Crippen LogP contribution in [0.15, 0.2) is 53.2 Å². The zero-order chi connectivity index (χ0) is 11.4. The predicted octanol–water partition coefficient (Wildman–Crippen LogP) is 3.89. The summed E-state index contributed by atoms with van der Waals surface area (Å²) in [5, 5.41) is 0. The van der Waals surface area contributed by atoms with Crippen molar-refractivity contribution < 1.29 is 0 Å². The Balaban J connectivity index is 2.05. The molecule has 1 aliphatic rings. The van der Waals surface area contributed by atoms with E-state index >= 15 is 0 Å². The van der Waals surface area contributed by atoms with E-state index in [9.17, 15) is 0 Å². The van der Waals surface area contributed by atoms with E-state index in [0.29, 0.717) is 5.92 Å². The topological polar surface area (TPSA) is 12.4 Å². The van der Waals surface area contributed by atoms with E-state index in [1.807, 2.05) is 6.21 Å². The lowest BCUT2D eigenvalue weighted by Gasteiger charge is -2.07. The molecule has 1 nitrogen and oxygen atoms in total. The molecule has 0 aliphatic heterocycles. The van der Waals surface area contributed by atoms with Crippen LogP contribution in [0.3, 0.4) is 0 Å². The van der Waals surface area contributed by atoms with Crippen LogP contribution in [-0.2, 0) is 0 Å². The molecule has 0 saturated carbocycles. The van der Waals surface area contributed by atoms with E-state index in [1.165, 1.54) is 5.56 Å². The highest BCUT2D eigenvalue weighted by Gasteiger charge is 2.01. The van der Waals surface area contributed by atoms with E-state index in [1.54, 1.807) is 0 Å². The third-order valence-corrected chi connectivity index (χ3v) is 2.73. The first kappa shape index (κ1) is 10.9. The van der Waals surface area contributed by atoms with Crippen LogP contribution in [0, 0.1) is 12.8 Å². The number of hydrogen-bond acceptors (Lipinski definition) is 1. The normalized spacial score (nSPS) is 20.1. The van der Waals surface area contributed by atoms with Crippen molar-refractivity contribution in [3.8, 4) is 0 Å². The fourth-order valence-corrected chi connectivity index (χ4v) is 1.61. The Hall–Kier alpha value is -1.63. The monoisotopic (exact) mass is 211 g/mol. The zero-order valence-corrected chi connectivity index (χ0v) is 9.85. The minimum absolute atomic E-state index is 0.651. The van der Waals surface area contributed by atoms with Crippen molar-refractivity contribution in [2.45, 2.75) is 20.3 Å². The summed E-state index contributed by atoms with van der Waals surface area (Å²) < 4.78 is 0. The Labute approximate surface area is 97.2 Å². The van der Waals surface area contributed by atoms with Gasteiger partial charge in [0.05, 0.1) is 5.70 Å². The summed E-state index contributed by atoms with van der Waals surface area (Å²) in [6.07, 6.45) is 9.51. The molecule has 1 heteroatoms. The maximum atomic E-state index is 4.47. The summed E-state index contributed by atoms with van der Waals surface area (Å²) in [6, 6.07) is 8.39. The van der Waals surface area contributed by atoms with Crippen LogP contribution in [0.1, 0.15) is 24.5 Å². The summed E-state index contributed by atoms with van der Waals surface area (Å²) in [4.78, 5) is 4.47. The molecule has 1 atom stereocenters. The fourth-order valence-electron chi connectivity index (χ4n) is 1.61. The minimum Gasteiger partial charge on any atom is -0.257 e. The summed E-state index contributed by atoms with van der Waals surface area (Å²) in [7, 11) is 0. The molecule has 0 saturated heterocycles. The molecule has 1 unspecified atom stereocenters. The second kappa shape index (κ2) is 4.93. The van der Waals surface area contributed by atoms with Crippen molar-refractivity contribution in [2.24, 2.45) is 10.9 Å². The van der Waals surface area contributed by atoms with Gasteiger partial charge in [0.1, 0.15) is 0 Å². The third-order valence-electron chi connectivity index (χ3n) is 2.73. The van der Waals surface area contributed by atoms with Crippen LogP contribution < -0.4 is 0 Å². The maximum Gasteiger partial charge on any atom is 0.0587 e. The first-order chi connectivity index (χ1) is 7.74. The lowest BCUT2D eigenvalue weighted by atomic mass is 10.0. The lowest BCUT2D eigenvalue weighted by molar-refractivity contribution is 0.730. The Morgan fingerprint density at radius 2 is 2.00 bits per heavy atom. The van der Waals surface area contributed by atoms with E-state index in [0.717, 1.165) is 17.7 Å². The first-order valence-electron chi connectivity index (χ1n) is 5.73. The fraction of sp³-hybridized carbons (Fsp3) is 0.267. The van der Waals surface area contributed by atoms with Crippen molar-refractivity contribution >= 4 is 6.21 Å². The van der Waals surface area contributed by atoms with Crippen LogP contribution in [0.25, 0.3) is 0 Å². The van der Waals surface area contributed by atoms with Crippen molar-refractivity contribution in [3.63, 3.8) is 0 Å². The van der Waals surface area contributed by atoms with Gasteiger partial charge in [-0.2, -0.15) is 0 Å². The molecule has 0 fully saturated rings. The van der Waals surface area contributed by atoms with Gasteiger partial charge in [-0.3, -0.25) is 4.99 Å². The van der Waals surface area contributed by atoms with Crippen LogP contribution >= 0.6 is 0 Å². The number of benzene rings is 1. The SMILES string of the molecule is Cc1ccc(C=NC2=CCC(C)C=C2)cc1. The van der Waals surface area contributed by atoms with Crippen molar-refractivity contribution in [2.75, 3.05) is 0 Å². The Morgan fingerprint density at radius 1 is 1.25 bits per heavy atom. The lowest BCUT2D eigenvalue weighted by Crippen LogP contribution is -1.93. The zero-order valence-electron chi connectivity index (χ0n) is 9.85. The number of aryl methyl sites for hydroxylation is 1. The number of aliphatic imine (C=N–C) groups is 1. The first-order valence-corrected chi connectivity index (χ1v) is 5.73. The molecule has 16 heavy (non-hydrogen) atoms. The van der Waals surface area contributed by atoms with Gasteiger partial charge in [-0.25, -0.2) is 0 Å². The summed E-state index contributed by atoms with van der Waals surface area (Å²) in [6.45, 7) is 4.31. The Bertz CT molecular complexity index is 435. The second-order valence-corrected chi connectivity index (χ2v) is 4.37. The van der Waals surface area contributed by atoms with Gasteiger partial charge in [0.2, 0.25) is 0 Å². The van der Waals surface area contributed by atoms with Crippen molar-refractivity contribution in [1.82, 2.24) is 0 Å². The smallest absolute Gasteiger partial charge is 0.0587 e. The van der Waals surface area contributed by atoms with Crippen LogP contribution in [0.5, 0.6) is 0 Å². The standard InChI is InChI=1S/C15H17N/c1-12-3-7-14(8-4-12)11-16-15-9-5-13(2)6-10-15/h3-5,7-11,13H,6H2,1-2H3. The van der Waals surface area contributed by atoms with E-state index < -0.39 is 0 Å². The van der Waals surface area contributed by atoms with Gasteiger partial charge >= 0.3 is 0 Å². The predicted molar refractivity (Wildman–Crippen MR) is 69.8 cm³/mol. The molecule has 0 amide bonds. The quantitative estimate of drug-likeness (QED) is 0.658. The van der Waals surface area contributed by atoms with Gasteiger partial charge < -0.3 is 0 Å². The molecule has 0 spiro atoms. The minimum atomic E-state index is 0.651. The van der Waals surface area contributed by atoms with Gasteiger partial charge in [0.25, 0.3) is 0 Å². The van der Waals surface area contributed by atoms with Crippen molar-refractivity contribution in [1.29, 1.82) is 0 Å². The van der Waals surface area contributed by atoms with Crippen LogP contribution in [0.4, 0.5) is 0 Å². The molecule has 82 valence electrons. The van der Waals surface area contributed by atoms with Crippen molar-refractivity contribution in [3.05, 3.63) is 59.3 Å². The molecule has 0 aromatic heterocycles. The molecule has 0 heterocycles.